The smallest absolute Gasteiger partial charge is 0.00559 e. The molecule has 1 radical (unpaired) electrons. The van der Waals surface area contributed by atoms with Gasteiger partial charge in [-0.1, -0.05) is 18.2 Å². The summed E-state index contributed by atoms with van der Waals surface area (Å²) in [7, 11) is 0. The Morgan fingerprint density at radius 3 is 2.00 bits per heavy atom. The second-order valence-electron chi connectivity index (χ2n) is 3.37. The van der Waals surface area contributed by atoms with E-state index in [1.807, 2.05) is 0 Å². The highest BCUT2D eigenvalue weighted by atomic mass is 14.3. The lowest BCUT2D eigenvalue weighted by atomic mass is 9.99. The minimum atomic E-state index is 1.33. The maximum Gasteiger partial charge on any atom is 0.00559 e. The zero-order valence-electron chi connectivity index (χ0n) is 7.15. The van der Waals surface area contributed by atoms with Gasteiger partial charge in [-0.2, -0.15) is 0 Å². The van der Waals surface area contributed by atoms with Crippen LogP contribution in [0.4, 0.5) is 0 Å². The van der Waals surface area contributed by atoms with Gasteiger partial charge in [0.2, 0.25) is 0 Å². The van der Waals surface area contributed by atoms with Gasteiger partial charge in [0.25, 0.3) is 0 Å². The molecule has 0 aliphatic heterocycles. The van der Waals surface area contributed by atoms with Crippen molar-refractivity contribution in [2.75, 3.05) is 0 Å². The molecule has 1 aromatic rings. The Hall–Kier alpha value is -0.780. The molecule has 1 aliphatic rings. The van der Waals surface area contributed by atoms with E-state index in [2.05, 4.69) is 32.0 Å². The number of aryl methyl sites for hydroxylation is 2. The highest BCUT2D eigenvalue weighted by molar-refractivity contribution is 5.47. The number of benzene rings is 1. The van der Waals surface area contributed by atoms with E-state index >= 15 is 0 Å². The van der Waals surface area contributed by atoms with Crippen LogP contribution >= 0.6 is 0 Å². The summed E-state index contributed by atoms with van der Waals surface area (Å²) in [4.78, 5) is 0. The zero-order chi connectivity index (χ0) is 7.84. The molecule has 0 atom stereocenters. The Balaban J connectivity index is 2.48. The van der Waals surface area contributed by atoms with Crippen LogP contribution in [-0.4, -0.2) is 0 Å². The molecule has 1 aliphatic carbocycles. The van der Waals surface area contributed by atoms with Gasteiger partial charge in [-0.05, 0) is 43.4 Å². The van der Waals surface area contributed by atoms with Gasteiger partial charge >= 0.3 is 0 Å². The van der Waals surface area contributed by atoms with E-state index in [0.29, 0.717) is 0 Å². The molecule has 0 spiro atoms. The van der Waals surface area contributed by atoms with Gasteiger partial charge in [0.15, 0.2) is 0 Å². The average molecular weight is 145 g/mol. The van der Waals surface area contributed by atoms with Crippen LogP contribution in [-0.2, 0) is 0 Å². The highest BCUT2D eigenvalue weighted by Gasteiger charge is 2.26. The van der Waals surface area contributed by atoms with E-state index in [1.54, 1.807) is 5.92 Å². The third kappa shape index (κ3) is 1.18. The third-order valence-electron chi connectivity index (χ3n) is 2.33. The molecule has 1 fully saturated rings. The Kier molecular flexibility index (Phi) is 1.49. The van der Waals surface area contributed by atoms with Crippen LogP contribution < -0.4 is 0 Å². The predicted molar refractivity (Wildman–Crippen MR) is 47.5 cm³/mol. The lowest BCUT2D eigenvalue weighted by Crippen LogP contribution is -1.89. The summed E-state index contributed by atoms with van der Waals surface area (Å²) in [5.41, 5.74) is 4.42. The van der Waals surface area contributed by atoms with Gasteiger partial charge in [0, 0.05) is 5.92 Å². The second kappa shape index (κ2) is 2.37. The molecule has 57 valence electrons. The largest absolute Gasteiger partial charge is 0.0617 e. The first-order chi connectivity index (χ1) is 5.29. The summed E-state index contributed by atoms with van der Waals surface area (Å²) in [5, 5.41) is 0. The average Bonchev–Trinajstić information content (AvgIpc) is 2.70. The molecule has 0 heterocycles. The Bertz CT molecular complexity index is 249. The van der Waals surface area contributed by atoms with E-state index in [1.165, 1.54) is 29.5 Å². The van der Waals surface area contributed by atoms with Crippen LogP contribution in [0.25, 0.3) is 0 Å². The summed E-state index contributed by atoms with van der Waals surface area (Å²) >= 11 is 0. The van der Waals surface area contributed by atoms with Crippen molar-refractivity contribution < 1.29 is 0 Å². The molecule has 0 unspecified atom stereocenters. The van der Waals surface area contributed by atoms with E-state index in [0.717, 1.165) is 0 Å². The molecule has 0 nitrogen and oxygen atoms in total. The van der Waals surface area contributed by atoms with Crippen molar-refractivity contribution >= 4 is 0 Å². The zero-order valence-corrected chi connectivity index (χ0v) is 7.15. The van der Waals surface area contributed by atoms with E-state index < -0.39 is 0 Å². The SMILES string of the molecule is Cc1cccc(C)c1[C]1CC1. The fourth-order valence-electron chi connectivity index (χ4n) is 1.68. The molecule has 0 aromatic heterocycles. The quantitative estimate of drug-likeness (QED) is 0.569. The van der Waals surface area contributed by atoms with Crippen LogP contribution in [0, 0.1) is 19.8 Å². The van der Waals surface area contributed by atoms with Crippen molar-refractivity contribution in [2.24, 2.45) is 0 Å². The van der Waals surface area contributed by atoms with Gasteiger partial charge in [0.05, 0.1) is 0 Å². The van der Waals surface area contributed by atoms with Crippen molar-refractivity contribution in [1.82, 2.24) is 0 Å². The van der Waals surface area contributed by atoms with E-state index in [4.69, 9.17) is 0 Å². The van der Waals surface area contributed by atoms with Crippen LogP contribution in [0.5, 0.6) is 0 Å². The Labute approximate surface area is 68.3 Å². The summed E-state index contributed by atoms with van der Waals surface area (Å²) in [6.07, 6.45) is 2.65. The van der Waals surface area contributed by atoms with E-state index in [9.17, 15) is 0 Å². The summed E-state index contributed by atoms with van der Waals surface area (Å²) in [6.45, 7) is 4.40. The summed E-state index contributed by atoms with van der Waals surface area (Å²) in [6, 6.07) is 6.54. The molecule has 1 aromatic carbocycles. The molecular formula is C11H13. The topological polar surface area (TPSA) is 0 Å². The van der Waals surface area contributed by atoms with Gasteiger partial charge in [-0.25, -0.2) is 0 Å². The summed E-state index contributed by atoms with van der Waals surface area (Å²) in [5.74, 6) is 1.65. The predicted octanol–water partition coefficient (Wildman–Crippen LogP) is 3.02. The molecule has 11 heavy (non-hydrogen) atoms. The first-order valence-electron chi connectivity index (χ1n) is 4.20. The molecule has 0 saturated heterocycles. The Morgan fingerprint density at radius 2 is 1.55 bits per heavy atom. The fourth-order valence-corrected chi connectivity index (χ4v) is 1.68. The molecule has 0 bridgehead atoms. The number of hydrogen-bond donors (Lipinski definition) is 0. The van der Waals surface area contributed by atoms with Gasteiger partial charge in [-0.15, -0.1) is 0 Å². The highest BCUT2D eigenvalue weighted by Crippen LogP contribution is 2.41. The normalized spacial score (nSPS) is 16.9. The minimum Gasteiger partial charge on any atom is -0.0617 e. The maximum absolute atomic E-state index is 2.20. The second-order valence-corrected chi connectivity index (χ2v) is 3.37. The fraction of sp³-hybridized carbons (Fsp3) is 0.364. The molecular weight excluding hydrogens is 132 g/mol. The number of rotatable bonds is 1. The van der Waals surface area contributed by atoms with Crippen LogP contribution in [0.1, 0.15) is 29.5 Å². The maximum atomic E-state index is 2.20. The van der Waals surface area contributed by atoms with Crippen molar-refractivity contribution in [1.29, 1.82) is 0 Å². The molecule has 0 N–H and O–H groups in total. The molecule has 0 amide bonds. The van der Waals surface area contributed by atoms with Crippen molar-refractivity contribution in [2.45, 2.75) is 26.7 Å². The van der Waals surface area contributed by atoms with Gasteiger partial charge in [-0.3, -0.25) is 0 Å². The third-order valence-corrected chi connectivity index (χ3v) is 2.33. The lowest BCUT2D eigenvalue weighted by Gasteiger charge is -2.06. The standard InChI is InChI=1S/C11H13/c1-8-4-3-5-9(2)11(8)10-6-7-10/h3-5H,6-7H2,1-2H3. The molecule has 2 rings (SSSR count). The van der Waals surface area contributed by atoms with Gasteiger partial charge < -0.3 is 0 Å². The van der Waals surface area contributed by atoms with Gasteiger partial charge in [0.1, 0.15) is 0 Å². The van der Waals surface area contributed by atoms with Crippen LogP contribution in [0.15, 0.2) is 18.2 Å². The van der Waals surface area contributed by atoms with Crippen molar-refractivity contribution in [3.05, 3.63) is 40.8 Å². The van der Waals surface area contributed by atoms with Crippen LogP contribution in [0.2, 0.25) is 0 Å². The van der Waals surface area contributed by atoms with Crippen molar-refractivity contribution in [3.8, 4) is 0 Å². The summed E-state index contributed by atoms with van der Waals surface area (Å²) < 4.78 is 0. The first-order valence-corrected chi connectivity index (χ1v) is 4.20. The minimum absolute atomic E-state index is 1.33. The molecule has 1 saturated carbocycles. The van der Waals surface area contributed by atoms with Crippen LogP contribution in [0.3, 0.4) is 0 Å². The molecule has 0 heteroatoms. The monoisotopic (exact) mass is 145 g/mol. The first kappa shape index (κ1) is 6.90. The lowest BCUT2D eigenvalue weighted by molar-refractivity contribution is 1.25. The van der Waals surface area contributed by atoms with E-state index in [-0.39, 0.29) is 0 Å². The Morgan fingerprint density at radius 1 is 1.00 bits per heavy atom. The number of hydrogen-bond acceptors (Lipinski definition) is 0. The van der Waals surface area contributed by atoms with Crippen molar-refractivity contribution in [3.63, 3.8) is 0 Å².